The van der Waals surface area contributed by atoms with Crippen molar-refractivity contribution in [2.75, 3.05) is 13.6 Å². The molecule has 1 unspecified atom stereocenters. The zero-order valence-corrected chi connectivity index (χ0v) is 12.2. The van der Waals surface area contributed by atoms with Gasteiger partial charge in [-0.3, -0.25) is 0 Å². The van der Waals surface area contributed by atoms with Crippen molar-refractivity contribution in [3.63, 3.8) is 0 Å². The summed E-state index contributed by atoms with van der Waals surface area (Å²) in [5.41, 5.74) is 0.386. The second-order valence-corrected chi connectivity index (χ2v) is 6.31. The Kier molecular flexibility index (Phi) is 5.30. The van der Waals surface area contributed by atoms with Crippen LogP contribution in [-0.2, 0) is 6.42 Å². The maximum atomic E-state index is 3.61. The van der Waals surface area contributed by atoms with Crippen molar-refractivity contribution in [2.45, 2.75) is 33.1 Å². The summed E-state index contributed by atoms with van der Waals surface area (Å²) in [6.07, 6.45) is 3.69. The number of halogens is 1. The van der Waals surface area contributed by atoms with Gasteiger partial charge in [0.2, 0.25) is 0 Å². The van der Waals surface area contributed by atoms with Gasteiger partial charge in [-0.05, 0) is 52.7 Å². The van der Waals surface area contributed by atoms with Crippen molar-refractivity contribution in [2.24, 2.45) is 5.41 Å². The Labute approximate surface area is 105 Å². The zero-order chi connectivity index (χ0) is 11.3. The Balaban J connectivity index is 2.70. The molecule has 0 spiro atoms. The van der Waals surface area contributed by atoms with Gasteiger partial charge >= 0.3 is 0 Å². The summed E-state index contributed by atoms with van der Waals surface area (Å²) in [7, 11) is 2.04. The average Bonchev–Trinajstić information content (AvgIpc) is 2.52. The van der Waals surface area contributed by atoms with E-state index in [0.29, 0.717) is 5.41 Å². The topological polar surface area (TPSA) is 12.0 Å². The predicted molar refractivity (Wildman–Crippen MR) is 72.7 cm³/mol. The molecule has 1 N–H and O–H groups in total. The standard InChI is InChI=1S/C12H20BrNS/c1-4-6-12(2,9-14-3)8-11-10(13)5-7-15-11/h5,7,14H,4,6,8-9H2,1-3H3. The lowest BCUT2D eigenvalue weighted by Crippen LogP contribution is -2.31. The van der Waals surface area contributed by atoms with Crippen molar-refractivity contribution in [1.29, 1.82) is 0 Å². The Morgan fingerprint density at radius 3 is 2.73 bits per heavy atom. The molecular weight excluding hydrogens is 270 g/mol. The summed E-state index contributed by atoms with van der Waals surface area (Å²) in [4.78, 5) is 1.47. The summed E-state index contributed by atoms with van der Waals surface area (Å²) in [5.74, 6) is 0. The first-order valence-electron chi connectivity index (χ1n) is 5.48. The summed E-state index contributed by atoms with van der Waals surface area (Å²) in [5, 5.41) is 5.47. The smallest absolute Gasteiger partial charge is 0.0314 e. The molecule has 0 saturated carbocycles. The fraction of sp³-hybridized carbons (Fsp3) is 0.667. The molecule has 0 aliphatic carbocycles. The molecule has 1 aromatic rings. The summed E-state index contributed by atoms with van der Waals surface area (Å²) >= 11 is 5.46. The van der Waals surface area contributed by atoms with Gasteiger partial charge in [0.25, 0.3) is 0 Å². The van der Waals surface area contributed by atoms with Gasteiger partial charge in [-0.2, -0.15) is 0 Å². The van der Waals surface area contributed by atoms with Crippen molar-refractivity contribution >= 4 is 27.3 Å². The van der Waals surface area contributed by atoms with Gasteiger partial charge in [-0.1, -0.05) is 20.3 Å². The van der Waals surface area contributed by atoms with Crippen molar-refractivity contribution in [3.8, 4) is 0 Å². The normalized spacial score (nSPS) is 15.2. The number of hydrogen-bond donors (Lipinski definition) is 1. The summed E-state index contributed by atoms with van der Waals surface area (Å²) < 4.78 is 1.27. The highest BCUT2D eigenvalue weighted by atomic mass is 79.9. The van der Waals surface area contributed by atoms with Crippen LogP contribution in [0.4, 0.5) is 0 Å². The molecule has 15 heavy (non-hydrogen) atoms. The lowest BCUT2D eigenvalue weighted by Gasteiger charge is -2.28. The minimum Gasteiger partial charge on any atom is -0.319 e. The summed E-state index contributed by atoms with van der Waals surface area (Å²) in [6.45, 7) is 5.72. The minimum absolute atomic E-state index is 0.386. The Hall–Kier alpha value is 0.140. The number of nitrogens with one attached hydrogen (secondary N) is 1. The van der Waals surface area contributed by atoms with Crippen LogP contribution in [0.25, 0.3) is 0 Å². The van der Waals surface area contributed by atoms with E-state index in [4.69, 9.17) is 0 Å². The minimum atomic E-state index is 0.386. The molecule has 1 atom stereocenters. The number of rotatable bonds is 6. The van der Waals surface area contributed by atoms with Gasteiger partial charge in [-0.15, -0.1) is 11.3 Å². The second kappa shape index (κ2) is 6.02. The maximum Gasteiger partial charge on any atom is 0.0314 e. The molecule has 0 aliphatic rings. The molecule has 0 saturated heterocycles. The van der Waals surface area contributed by atoms with Gasteiger partial charge in [0.1, 0.15) is 0 Å². The van der Waals surface area contributed by atoms with E-state index in [-0.39, 0.29) is 0 Å². The molecule has 0 aliphatic heterocycles. The molecule has 0 bridgehead atoms. The van der Waals surface area contributed by atoms with Crippen molar-refractivity contribution in [1.82, 2.24) is 5.32 Å². The highest BCUT2D eigenvalue weighted by Gasteiger charge is 2.24. The Bertz CT molecular complexity index is 290. The Morgan fingerprint density at radius 1 is 1.53 bits per heavy atom. The SMILES string of the molecule is CCCC(C)(CNC)Cc1sccc1Br. The summed E-state index contributed by atoms with van der Waals surface area (Å²) in [6, 6.07) is 2.14. The van der Waals surface area contributed by atoms with Crippen LogP contribution in [-0.4, -0.2) is 13.6 Å². The average molecular weight is 290 g/mol. The van der Waals surface area contributed by atoms with E-state index in [9.17, 15) is 0 Å². The highest BCUT2D eigenvalue weighted by Crippen LogP contribution is 2.33. The van der Waals surface area contributed by atoms with Crippen LogP contribution in [0.3, 0.4) is 0 Å². The van der Waals surface area contributed by atoms with Gasteiger partial charge in [-0.25, -0.2) is 0 Å². The first kappa shape index (κ1) is 13.2. The monoisotopic (exact) mass is 289 g/mol. The quantitative estimate of drug-likeness (QED) is 0.832. The highest BCUT2D eigenvalue weighted by molar-refractivity contribution is 9.10. The lowest BCUT2D eigenvalue weighted by molar-refractivity contribution is 0.284. The van der Waals surface area contributed by atoms with Crippen LogP contribution in [0.2, 0.25) is 0 Å². The first-order chi connectivity index (χ1) is 7.11. The Morgan fingerprint density at radius 2 is 2.27 bits per heavy atom. The van der Waals surface area contributed by atoms with E-state index in [2.05, 4.69) is 46.5 Å². The fourth-order valence-electron chi connectivity index (χ4n) is 2.11. The molecular formula is C12H20BrNS. The van der Waals surface area contributed by atoms with Crippen LogP contribution in [0.15, 0.2) is 15.9 Å². The van der Waals surface area contributed by atoms with Crippen molar-refractivity contribution in [3.05, 3.63) is 20.8 Å². The molecule has 1 heterocycles. The molecule has 0 radical (unpaired) electrons. The van der Waals surface area contributed by atoms with Gasteiger partial charge in [0.05, 0.1) is 0 Å². The predicted octanol–water partition coefficient (Wildman–Crippen LogP) is 4.08. The second-order valence-electron chi connectivity index (χ2n) is 4.46. The van der Waals surface area contributed by atoms with Crippen LogP contribution in [0, 0.1) is 5.41 Å². The van der Waals surface area contributed by atoms with E-state index in [1.165, 1.54) is 28.6 Å². The van der Waals surface area contributed by atoms with Crippen LogP contribution >= 0.6 is 27.3 Å². The molecule has 0 aromatic carbocycles. The van der Waals surface area contributed by atoms with Gasteiger partial charge in [0, 0.05) is 15.9 Å². The number of thiophene rings is 1. The van der Waals surface area contributed by atoms with E-state index in [0.717, 1.165) is 6.54 Å². The fourth-order valence-corrected chi connectivity index (χ4v) is 3.82. The molecule has 1 nitrogen and oxygen atoms in total. The van der Waals surface area contributed by atoms with Crippen LogP contribution in [0.5, 0.6) is 0 Å². The third-order valence-electron chi connectivity index (χ3n) is 2.74. The van der Waals surface area contributed by atoms with E-state index < -0.39 is 0 Å². The first-order valence-corrected chi connectivity index (χ1v) is 7.15. The lowest BCUT2D eigenvalue weighted by atomic mass is 9.81. The molecule has 86 valence electrons. The molecule has 3 heteroatoms. The van der Waals surface area contributed by atoms with E-state index in [1.54, 1.807) is 0 Å². The van der Waals surface area contributed by atoms with Crippen molar-refractivity contribution < 1.29 is 0 Å². The molecule has 0 fully saturated rings. The third kappa shape index (κ3) is 3.89. The van der Waals surface area contributed by atoms with E-state index >= 15 is 0 Å². The van der Waals surface area contributed by atoms with Gasteiger partial charge in [0.15, 0.2) is 0 Å². The molecule has 1 rings (SSSR count). The van der Waals surface area contributed by atoms with E-state index in [1.807, 2.05) is 18.4 Å². The van der Waals surface area contributed by atoms with Crippen LogP contribution < -0.4 is 5.32 Å². The third-order valence-corrected chi connectivity index (χ3v) is 4.66. The largest absolute Gasteiger partial charge is 0.319 e. The van der Waals surface area contributed by atoms with Crippen LogP contribution in [0.1, 0.15) is 31.6 Å². The maximum absolute atomic E-state index is 3.61. The molecule has 0 amide bonds. The number of hydrogen-bond acceptors (Lipinski definition) is 2. The van der Waals surface area contributed by atoms with Gasteiger partial charge < -0.3 is 5.32 Å². The molecule has 1 aromatic heterocycles. The zero-order valence-electron chi connectivity index (χ0n) is 9.77.